The predicted octanol–water partition coefficient (Wildman–Crippen LogP) is 4.36. The molecule has 2 aromatic carbocycles. The molecule has 0 aromatic heterocycles. The van der Waals surface area contributed by atoms with E-state index in [0.717, 1.165) is 41.5 Å². The lowest BCUT2D eigenvalue weighted by molar-refractivity contribution is -0.128. The fraction of sp³-hybridized carbons (Fsp3) is 0.448. The van der Waals surface area contributed by atoms with Gasteiger partial charge >= 0.3 is 12.1 Å². The van der Waals surface area contributed by atoms with Crippen LogP contribution in [0.1, 0.15) is 61.5 Å². The van der Waals surface area contributed by atoms with E-state index in [9.17, 15) is 19.6 Å². The molecule has 0 spiro atoms. The van der Waals surface area contributed by atoms with Gasteiger partial charge in [-0.1, -0.05) is 30.3 Å². The SMILES string of the molecule is CC(C)(C)OC(=O)N1C2CCC(C2)C1C(=O)NC(C#N)Cc1ccc(-c2ccc3c(c2)COC3=O)cc1. The van der Waals surface area contributed by atoms with Crippen molar-refractivity contribution in [2.75, 3.05) is 0 Å². The van der Waals surface area contributed by atoms with Gasteiger partial charge in [-0.15, -0.1) is 0 Å². The van der Waals surface area contributed by atoms with E-state index in [2.05, 4.69) is 11.4 Å². The first kappa shape index (κ1) is 24.8. The van der Waals surface area contributed by atoms with Gasteiger partial charge in [-0.3, -0.25) is 9.69 Å². The Hall–Kier alpha value is -3.86. The maximum absolute atomic E-state index is 13.3. The molecule has 4 unspecified atom stereocenters. The number of nitrogens with zero attached hydrogens (tertiary/aromatic N) is 2. The number of benzene rings is 2. The zero-order valence-electron chi connectivity index (χ0n) is 21.3. The normalized spacial score (nSPS) is 22.7. The molecular weight excluding hydrogens is 470 g/mol. The number of carbonyl (C=O) groups is 3. The molecule has 0 radical (unpaired) electrons. The van der Waals surface area contributed by atoms with Crippen LogP contribution in [0.3, 0.4) is 0 Å². The van der Waals surface area contributed by atoms with E-state index in [1.165, 1.54) is 0 Å². The number of nitriles is 1. The Morgan fingerprint density at radius 3 is 2.59 bits per heavy atom. The number of esters is 1. The predicted molar refractivity (Wildman–Crippen MR) is 135 cm³/mol. The summed E-state index contributed by atoms with van der Waals surface area (Å²) in [6.07, 6.45) is 2.44. The first-order valence-electron chi connectivity index (χ1n) is 12.7. The van der Waals surface area contributed by atoms with Gasteiger partial charge in [0.2, 0.25) is 5.91 Å². The zero-order chi connectivity index (χ0) is 26.3. The molecule has 8 nitrogen and oxygen atoms in total. The summed E-state index contributed by atoms with van der Waals surface area (Å²) in [4.78, 5) is 39.4. The summed E-state index contributed by atoms with van der Waals surface area (Å²) in [6, 6.07) is 14.3. The van der Waals surface area contributed by atoms with Crippen molar-refractivity contribution in [3.05, 3.63) is 59.2 Å². The van der Waals surface area contributed by atoms with Gasteiger partial charge in [-0.25, -0.2) is 9.59 Å². The molecule has 2 heterocycles. The molecule has 8 heteroatoms. The molecular formula is C29H31N3O5. The minimum atomic E-state index is -0.721. The highest BCUT2D eigenvalue weighted by Crippen LogP contribution is 2.43. The van der Waals surface area contributed by atoms with Crippen LogP contribution in [0.15, 0.2) is 42.5 Å². The lowest BCUT2D eigenvalue weighted by atomic mass is 9.96. The summed E-state index contributed by atoms with van der Waals surface area (Å²) < 4.78 is 10.7. The van der Waals surface area contributed by atoms with Crippen LogP contribution in [0.4, 0.5) is 4.79 Å². The molecule has 4 atom stereocenters. The Morgan fingerprint density at radius 2 is 1.89 bits per heavy atom. The average Bonchev–Trinajstić information content (AvgIpc) is 3.57. The van der Waals surface area contributed by atoms with Crippen molar-refractivity contribution in [2.24, 2.45) is 5.92 Å². The largest absolute Gasteiger partial charge is 0.457 e. The second-order valence-corrected chi connectivity index (χ2v) is 11.1. The first-order chi connectivity index (χ1) is 17.6. The molecule has 37 heavy (non-hydrogen) atoms. The number of hydrogen-bond acceptors (Lipinski definition) is 6. The van der Waals surface area contributed by atoms with Gasteiger partial charge < -0.3 is 14.8 Å². The molecule has 2 amide bonds. The Kier molecular flexibility index (Phi) is 6.40. The van der Waals surface area contributed by atoms with Crippen molar-refractivity contribution < 1.29 is 23.9 Å². The molecule has 2 aliphatic heterocycles. The summed E-state index contributed by atoms with van der Waals surface area (Å²) in [5.74, 6) is -0.499. The van der Waals surface area contributed by atoms with Gasteiger partial charge in [0.1, 0.15) is 24.3 Å². The van der Waals surface area contributed by atoms with E-state index in [1.807, 2.05) is 57.2 Å². The summed E-state index contributed by atoms with van der Waals surface area (Å²) in [7, 11) is 0. The molecule has 2 aromatic rings. The lowest BCUT2D eigenvalue weighted by Crippen LogP contribution is -2.55. The third-order valence-electron chi connectivity index (χ3n) is 7.34. The first-order valence-corrected chi connectivity index (χ1v) is 12.7. The molecule has 1 aliphatic carbocycles. The van der Waals surface area contributed by atoms with Crippen molar-refractivity contribution in [1.82, 2.24) is 10.2 Å². The molecule has 5 rings (SSSR count). The van der Waals surface area contributed by atoms with Crippen LogP contribution in [0.2, 0.25) is 0 Å². The van der Waals surface area contributed by atoms with Gasteiger partial charge in [0, 0.05) is 18.0 Å². The van der Waals surface area contributed by atoms with Crippen LogP contribution in [-0.2, 0) is 27.3 Å². The summed E-state index contributed by atoms with van der Waals surface area (Å²) in [5, 5.41) is 12.6. The number of fused-ring (bicyclic) bond motifs is 3. The van der Waals surface area contributed by atoms with Crippen LogP contribution >= 0.6 is 0 Å². The van der Waals surface area contributed by atoms with Gasteiger partial charge in [-0.2, -0.15) is 5.26 Å². The lowest BCUT2D eigenvalue weighted by Gasteiger charge is -2.35. The molecule has 1 saturated carbocycles. The van der Waals surface area contributed by atoms with E-state index in [4.69, 9.17) is 9.47 Å². The van der Waals surface area contributed by atoms with Crippen molar-refractivity contribution in [3.8, 4) is 17.2 Å². The molecule has 2 bridgehead atoms. The van der Waals surface area contributed by atoms with Crippen LogP contribution in [0, 0.1) is 17.2 Å². The molecule has 1 saturated heterocycles. The van der Waals surface area contributed by atoms with Gasteiger partial charge in [0.25, 0.3) is 0 Å². The number of ether oxygens (including phenoxy) is 2. The second kappa shape index (κ2) is 9.55. The van der Waals surface area contributed by atoms with Crippen molar-refractivity contribution in [2.45, 2.75) is 76.8 Å². The summed E-state index contributed by atoms with van der Waals surface area (Å²) in [5.41, 5.74) is 3.71. The smallest absolute Gasteiger partial charge is 0.411 e. The van der Waals surface area contributed by atoms with Crippen LogP contribution in [0.25, 0.3) is 11.1 Å². The van der Waals surface area contributed by atoms with Gasteiger partial charge in [0.05, 0.1) is 11.6 Å². The highest BCUT2D eigenvalue weighted by molar-refractivity contribution is 5.94. The number of cyclic esters (lactones) is 1. The van der Waals surface area contributed by atoms with E-state index < -0.39 is 23.8 Å². The molecule has 1 N–H and O–H groups in total. The number of nitrogens with one attached hydrogen (secondary N) is 1. The molecule has 2 fully saturated rings. The molecule has 3 aliphatic rings. The van der Waals surface area contributed by atoms with Crippen molar-refractivity contribution in [3.63, 3.8) is 0 Å². The zero-order valence-corrected chi connectivity index (χ0v) is 21.3. The monoisotopic (exact) mass is 501 g/mol. The number of amides is 2. The number of carbonyl (C=O) groups excluding carboxylic acids is 3. The topological polar surface area (TPSA) is 109 Å². The molecule has 192 valence electrons. The number of piperidine rings is 1. The Balaban J connectivity index is 1.24. The minimum absolute atomic E-state index is 0.00702. The number of likely N-dealkylation sites (tertiary alicyclic amines) is 1. The summed E-state index contributed by atoms with van der Waals surface area (Å²) in [6.45, 7) is 5.72. The van der Waals surface area contributed by atoms with E-state index in [1.54, 1.807) is 11.0 Å². The fourth-order valence-electron chi connectivity index (χ4n) is 5.67. The van der Waals surface area contributed by atoms with Crippen LogP contribution < -0.4 is 5.32 Å². The third-order valence-corrected chi connectivity index (χ3v) is 7.34. The van der Waals surface area contributed by atoms with E-state index >= 15 is 0 Å². The van der Waals surface area contributed by atoms with Crippen molar-refractivity contribution in [1.29, 1.82) is 5.26 Å². The maximum atomic E-state index is 13.3. The highest BCUT2D eigenvalue weighted by atomic mass is 16.6. The highest BCUT2D eigenvalue weighted by Gasteiger charge is 2.52. The maximum Gasteiger partial charge on any atom is 0.411 e. The number of rotatable bonds is 5. The standard InChI is InChI=1S/C29H31N3O5/c1-29(2,3)37-28(35)32-23-10-8-20(14-23)25(32)26(33)31-22(15-30)12-17-4-6-18(7-5-17)19-9-11-24-21(13-19)16-36-27(24)34/h4-7,9,11,13,20,22-23,25H,8,10,12,14,16H2,1-3H3,(H,31,33). The van der Waals surface area contributed by atoms with Gasteiger partial charge in [-0.05, 0) is 74.8 Å². The van der Waals surface area contributed by atoms with E-state index in [0.29, 0.717) is 12.0 Å². The van der Waals surface area contributed by atoms with Crippen molar-refractivity contribution >= 4 is 18.0 Å². The average molecular weight is 502 g/mol. The second-order valence-electron chi connectivity index (χ2n) is 11.1. The fourth-order valence-corrected chi connectivity index (χ4v) is 5.67. The van der Waals surface area contributed by atoms with Gasteiger partial charge in [0.15, 0.2) is 0 Å². The Labute approximate surface area is 216 Å². The minimum Gasteiger partial charge on any atom is -0.457 e. The van der Waals surface area contributed by atoms with E-state index in [-0.39, 0.29) is 30.4 Å². The summed E-state index contributed by atoms with van der Waals surface area (Å²) >= 11 is 0. The quantitative estimate of drug-likeness (QED) is 0.610. The number of hydrogen-bond donors (Lipinski definition) is 1. The van der Waals surface area contributed by atoms with Crippen LogP contribution in [-0.4, -0.2) is 46.6 Å². The Bertz CT molecular complexity index is 1270. The third kappa shape index (κ3) is 5.04. The Morgan fingerprint density at radius 1 is 1.16 bits per heavy atom. The van der Waals surface area contributed by atoms with Crippen LogP contribution in [0.5, 0.6) is 0 Å².